The van der Waals surface area contributed by atoms with Gasteiger partial charge in [0.15, 0.2) is 0 Å². The second kappa shape index (κ2) is 4.90. The van der Waals surface area contributed by atoms with E-state index in [1.807, 2.05) is 11.8 Å². The normalized spacial score (nSPS) is 23.8. The van der Waals surface area contributed by atoms with E-state index >= 15 is 0 Å². The Morgan fingerprint density at radius 1 is 1.32 bits per heavy atom. The molecule has 106 valence electrons. The highest BCUT2D eigenvalue weighted by Gasteiger charge is 2.34. The third-order valence-corrected chi connectivity index (χ3v) is 3.47. The molecule has 1 aromatic rings. The van der Waals surface area contributed by atoms with Gasteiger partial charge in [-0.05, 0) is 31.4 Å². The molecule has 2 unspecified atom stereocenters. The summed E-state index contributed by atoms with van der Waals surface area (Å²) in [6.07, 6.45) is -3.37. The quantitative estimate of drug-likeness (QED) is 0.895. The molecule has 6 heteroatoms. The maximum Gasteiger partial charge on any atom is 0.416 e. The number of nitrogens with one attached hydrogen (secondary N) is 1. The van der Waals surface area contributed by atoms with Crippen LogP contribution in [0.1, 0.15) is 25.8 Å². The number of nitrogens with zero attached hydrogens (tertiary/aromatic N) is 2. The van der Waals surface area contributed by atoms with E-state index in [0.29, 0.717) is 11.7 Å². The molecule has 0 amide bonds. The number of aromatic nitrogens is 1. The summed E-state index contributed by atoms with van der Waals surface area (Å²) in [6.45, 7) is 4.87. The average Bonchev–Trinajstić information content (AvgIpc) is 2.66. The molecule has 2 rings (SSSR count). The first kappa shape index (κ1) is 14.0. The molecular formula is C13H18F3N3. The Morgan fingerprint density at radius 2 is 2.00 bits per heavy atom. The van der Waals surface area contributed by atoms with Gasteiger partial charge in [0.1, 0.15) is 11.6 Å². The third kappa shape index (κ3) is 2.93. The lowest BCUT2D eigenvalue weighted by molar-refractivity contribution is -0.137. The molecule has 3 nitrogen and oxygen atoms in total. The van der Waals surface area contributed by atoms with E-state index < -0.39 is 11.7 Å². The van der Waals surface area contributed by atoms with Crippen molar-refractivity contribution in [2.45, 2.75) is 32.5 Å². The minimum atomic E-state index is -4.35. The molecule has 0 bridgehead atoms. The SMILES string of the molecule is CNc1cc(C(F)(F)F)cc(N2CC(C)CC2C)n1. The molecule has 0 radical (unpaired) electrons. The number of anilines is 2. The third-order valence-electron chi connectivity index (χ3n) is 3.47. The molecule has 1 saturated heterocycles. The smallest absolute Gasteiger partial charge is 0.373 e. The fourth-order valence-electron chi connectivity index (χ4n) is 2.57. The molecule has 2 atom stereocenters. The Hall–Kier alpha value is -1.46. The van der Waals surface area contributed by atoms with Gasteiger partial charge < -0.3 is 10.2 Å². The Labute approximate surface area is 110 Å². The highest BCUT2D eigenvalue weighted by Crippen LogP contribution is 2.35. The first-order valence-corrected chi connectivity index (χ1v) is 6.35. The number of rotatable bonds is 2. The standard InChI is InChI=1S/C13H18F3N3/c1-8-4-9(2)19(7-8)12-6-10(13(14,15)16)5-11(17-3)18-12/h5-6,8-9H,4,7H2,1-3H3,(H,17,18). The van der Waals surface area contributed by atoms with Crippen molar-refractivity contribution in [1.82, 2.24) is 4.98 Å². The Kier molecular flexibility index (Phi) is 3.60. The van der Waals surface area contributed by atoms with Gasteiger partial charge in [0.25, 0.3) is 0 Å². The molecule has 1 aliphatic rings. The molecule has 0 spiro atoms. The zero-order chi connectivity index (χ0) is 14.2. The van der Waals surface area contributed by atoms with Crippen LogP contribution in [0.15, 0.2) is 12.1 Å². The molecule has 0 aliphatic carbocycles. The summed E-state index contributed by atoms with van der Waals surface area (Å²) in [5, 5.41) is 2.69. The second-order valence-electron chi connectivity index (χ2n) is 5.19. The molecule has 0 aromatic carbocycles. The van der Waals surface area contributed by atoms with Crippen molar-refractivity contribution < 1.29 is 13.2 Å². The predicted molar refractivity (Wildman–Crippen MR) is 69.4 cm³/mol. The van der Waals surface area contributed by atoms with Crippen LogP contribution in [0.25, 0.3) is 0 Å². The van der Waals surface area contributed by atoms with E-state index in [4.69, 9.17) is 0 Å². The van der Waals surface area contributed by atoms with Crippen LogP contribution in [-0.4, -0.2) is 24.6 Å². The fraction of sp³-hybridized carbons (Fsp3) is 0.615. The second-order valence-corrected chi connectivity index (χ2v) is 5.19. The summed E-state index contributed by atoms with van der Waals surface area (Å²) in [7, 11) is 1.57. The van der Waals surface area contributed by atoms with Crippen LogP contribution >= 0.6 is 0 Å². The van der Waals surface area contributed by atoms with Gasteiger partial charge in [-0.25, -0.2) is 4.98 Å². The topological polar surface area (TPSA) is 28.2 Å². The van der Waals surface area contributed by atoms with Crippen molar-refractivity contribution >= 4 is 11.6 Å². The Bertz CT molecular complexity index is 459. The Morgan fingerprint density at radius 3 is 2.47 bits per heavy atom. The van der Waals surface area contributed by atoms with Gasteiger partial charge in [0.2, 0.25) is 0 Å². The van der Waals surface area contributed by atoms with Crippen molar-refractivity contribution in [3.8, 4) is 0 Å². The molecule has 1 fully saturated rings. The number of hydrogen-bond donors (Lipinski definition) is 1. The first-order chi connectivity index (χ1) is 8.81. The summed E-state index contributed by atoms with van der Waals surface area (Å²) >= 11 is 0. The van der Waals surface area contributed by atoms with E-state index in [1.54, 1.807) is 7.05 Å². The van der Waals surface area contributed by atoms with Gasteiger partial charge >= 0.3 is 6.18 Å². The predicted octanol–water partition coefficient (Wildman–Crippen LogP) is 3.38. The van der Waals surface area contributed by atoms with Crippen LogP contribution in [0, 0.1) is 5.92 Å². The summed E-state index contributed by atoms with van der Waals surface area (Å²) in [5.74, 6) is 1.12. The minimum Gasteiger partial charge on any atom is -0.373 e. The van der Waals surface area contributed by atoms with E-state index in [-0.39, 0.29) is 11.9 Å². The van der Waals surface area contributed by atoms with Gasteiger partial charge in [-0.3, -0.25) is 0 Å². The molecule has 1 aromatic heterocycles. The van der Waals surface area contributed by atoms with Crippen LogP contribution in [-0.2, 0) is 6.18 Å². The minimum absolute atomic E-state index is 0.218. The van der Waals surface area contributed by atoms with E-state index in [2.05, 4.69) is 17.2 Å². The van der Waals surface area contributed by atoms with Crippen molar-refractivity contribution in [3.05, 3.63) is 17.7 Å². The van der Waals surface area contributed by atoms with Crippen LogP contribution in [0.4, 0.5) is 24.8 Å². The maximum absolute atomic E-state index is 12.9. The van der Waals surface area contributed by atoms with E-state index in [9.17, 15) is 13.2 Å². The number of hydrogen-bond acceptors (Lipinski definition) is 3. The average molecular weight is 273 g/mol. The van der Waals surface area contributed by atoms with Crippen molar-refractivity contribution in [3.63, 3.8) is 0 Å². The lowest BCUT2D eigenvalue weighted by atomic mass is 10.1. The largest absolute Gasteiger partial charge is 0.416 e. The molecule has 1 N–H and O–H groups in total. The van der Waals surface area contributed by atoms with Crippen molar-refractivity contribution in [2.75, 3.05) is 23.8 Å². The van der Waals surface area contributed by atoms with Crippen LogP contribution < -0.4 is 10.2 Å². The zero-order valence-electron chi connectivity index (χ0n) is 11.3. The van der Waals surface area contributed by atoms with Crippen LogP contribution in [0.3, 0.4) is 0 Å². The first-order valence-electron chi connectivity index (χ1n) is 6.35. The van der Waals surface area contributed by atoms with E-state index in [0.717, 1.165) is 25.1 Å². The molecule has 19 heavy (non-hydrogen) atoms. The summed E-state index contributed by atoms with van der Waals surface area (Å²) < 4.78 is 38.6. The van der Waals surface area contributed by atoms with Gasteiger partial charge in [0, 0.05) is 19.6 Å². The Balaban J connectivity index is 2.40. The highest BCUT2D eigenvalue weighted by atomic mass is 19.4. The zero-order valence-corrected chi connectivity index (χ0v) is 11.3. The van der Waals surface area contributed by atoms with E-state index in [1.165, 1.54) is 0 Å². The molecule has 1 aliphatic heterocycles. The lowest BCUT2D eigenvalue weighted by Gasteiger charge is -2.24. The summed E-state index contributed by atoms with van der Waals surface area (Å²) in [6, 6.07) is 2.39. The number of alkyl halides is 3. The van der Waals surface area contributed by atoms with Gasteiger partial charge in [-0.1, -0.05) is 6.92 Å². The number of pyridine rings is 1. The van der Waals surface area contributed by atoms with Gasteiger partial charge in [-0.2, -0.15) is 13.2 Å². The van der Waals surface area contributed by atoms with Gasteiger partial charge in [-0.15, -0.1) is 0 Å². The summed E-state index contributed by atoms with van der Waals surface area (Å²) in [4.78, 5) is 6.19. The molecule has 2 heterocycles. The molecule has 0 saturated carbocycles. The number of halogens is 3. The van der Waals surface area contributed by atoms with Crippen molar-refractivity contribution in [1.29, 1.82) is 0 Å². The molecular weight excluding hydrogens is 255 g/mol. The highest BCUT2D eigenvalue weighted by molar-refractivity contribution is 5.52. The monoisotopic (exact) mass is 273 g/mol. The lowest BCUT2D eigenvalue weighted by Crippen LogP contribution is -2.28. The van der Waals surface area contributed by atoms with Crippen LogP contribution in [0.2, 0.25) is 0 Å². The summed E-state index contributed by atoms with van der Waals surface area (Å²) in [5.41, 5.74) is -0.659. The van der Waals surface area contributed by atoms with Crippen molar-refractivity contribution in [2.24, 2.45) is 5.92 Å². The van der Waals surface area contributed by atoms with Gasteiger partial charge in [0.05, 0.1) is 5.56 Å². The van der Waals surface area contributed by atoms with Crippen LogP contribution in [0.5, 0.6) is 0 Å². The maximum atomic E-state index is 12.9. The fourth-order valence-corrected chi connectivity index (χ4v) is 2.57.